The smallest absolute Gasteiger partial charge is 0.0410 e. The van der Waals surface area contributed by atoms with E-state index in [4.69, 9.17) is 9.97 Å². The molecule has 9 rings (SSSR count). The average molecular weight is 755 g/mol. The highest BCUT2D eigenvalue weighted by Gasteiger charge is 2.18. The van der Waals surface area contributed by atoms with E-state index < -0.39 is 0 Å². The zero-order valence-electron chi connectivity index (χ0n) is 34.2. The van der Waals surface area contributed by atoms with Crippen molar-refractivity contribution in [2.45, 2.75) is 90.9 Å². The topological polar surface area (TPSA) is 25.8 Å². The van der Waals surface area contributed by atoms with Crippen LogP contribution in [0.4, 0.5) is 0 Å². The van der Waals surface area contributed by atoms with Gasteiger partial charge in [-0.15, -0.1) is 0 Å². The monoisotopic (exact) mass is 754 g/mol. The molecule has 1 aliphatic carbocycles. The molecule has 1 aliphatic rings. The molecule has 6 aromatic carbocycles. The Morgan fingerprint density at radius 2 is 0.707 bits per heavy atom. The third kappa shape index (κ3) is 8.25. The summed E-state index contributed by atoms with van der Waals surface area (Å²) in [6, 6.07) is 50.4. The summed E-state index contributed by atoms with van der Waals surface area (Å²) in [5.74, 6) is 0. The number of nitrogens with zero attached hydrogens (tertiary/aromatic N) is 2. The molecule has 0 aliphatic heterocycles. The molecule has 0 amide bonds. The van der Waals surface area contributed by atoms with Gasteiger partial charge in [0.05, 0.1) is 0 Å². The summed E-state index contributed by atoms with van der Waals surface area (Å²) in [6.07, 6.45) is 18.5. The lowest BCUT2D eigenvalue weighted by Crippen LogP contribution is -2.04. The molecule has 0 N–H and O–H groups in total. The van der Waals surface area contributed by atoms with Gasteiger partial charge in [-0.3, -0.25) is 9.97 Å². The third-order valence-electron chi connectivity index (χ3n) is 12.4. The SMILES string of the molecule is CCCCCCc1cc2ccc(-c3ccc(-c4ccc5c(c4)CCc4cc(-c6ccc(-c7ccc8cc(CCCCCC)ncc8c7)cc6)ccc4-5)cc3)cc2cn1. The lowest BCUT2D eigenvalue weighted by Gasteiger charge is -2.22. The second kappa shape index (κ2) is 17.3. The van der Waals surface area contributed by atoms with E-state index in [1.807, 2.05) is 0 Å². The van der Waals surface area contributed by atoms with Gasteiger partial charge in [-0.25, -0.2) is 0 Å². The van der Waals surface area contributed by atoms with Crippen LogP contribution in [0.15, 0.2) is 146 Å². The van der Waals surface area contributed by atoms with Crippen molar-refractivity contribution in [2.24, 2.45) is 0 Å². The van der Waals surface area contributed by atoms with Crippen molar-refractivity contribution in [3.05, 3.63) is 168 Å². The van der Waals surface area contributed by atoms with Crippen LogP contribution in [0.5, 0.6) is 0 Å². The molecule has 58 heavy (non-hydrogen) atoms. The summed E-state index contributed by atoms with van der Waals surface area (Å²) >= 11 is 0. The molecular formula is C56H54N2. The molecule has 2 heterocycles. The molecule has 2 nitrogen and oxygen atoms in total. The lowest BCUT2D eigenvalue weighted by molar-refractivity contribution is 0.661. The Hall–Kier alpha value is -5.86. The van der Waals surface area contributed by atoms with Gasteiger partial charge in [0.15, 0.2) is 0 Å². The molecule has 2 aromatic heterocycles. The molecule has 0 atom stereocenters. The van der Waals surface area contributed by atoms with Gasteiger partial charge in [0, 0.05) is 34.6 Å². The molecule has 0 spiro atoms. The van der Waals surface area contributed by atoms with Gasteiger partial charge >= 0.3 is 0 Å². The van der Waals surface area contributed by atoms with Gasteiger partial charge in [-0.1, -0.05) is 162 Å². The molecule has 0 unspecified atom stereocenters. The summed E-state index contributed by atoms with van der Waals surface area (Å²) in [7, 11) is 0. The molecule has 2 heteroatoms. The number of rotatable bonds is 14. The molecule has 0 saturated heterocycles. The fraction of sp³-hybridized carbons (Fsp3) is 0.250. The van der Waals surface area contributed by atoms with E-state index in [9.17, 15) is 0 Å². The molecule has 8 aromatic rings. The second-order valence-corrected chi connectivity index (χ2v) is 16.5. The molecule has 0 bridgehead atoms. The van der Waals surface area contributed by atoms with E-state index in [1.165, 1.54) is 151 Å². The number of unbranched alkanes of at least 4 members (excludes halogenated alkanes) is 6. The number of hydrogen-bond donors (Lipinski definition) is 0. The summed E-state index contributed by atoms with van der Waals surface area (Å²) in [6.45, 7) is 4.52. The van der Waals surface area contributed by atoms with Crippen molar-refractivity contribution < 1.29 is 0 Å². The van der Waals surface area contributed by atoms with Gasteiger partial charge in [-0.05, 0) is 140 Å². The molecule has 288 valence electrons. The first-order chi connectivity index (χ1) is 28.6. The Morgan fingerprint density at radius 3 is 1.10 bits per heavy atom. The molecule has 0 saturated carbocycles. The van der Waals surface area contributed by atoms with E-state index in [1.54, 1.807) is 0 Å². The van der Waals surface area contributed by atoms with Crippen molar-refractivity contribution in [3.8, 4) is 55.6 Å². The second-order valence-electron chi connectivity index (χ2n) is 16.5. The Labute approximate surface area is 345 Å². The highest BCUT2D eigenvalue weighted by molar-refractivity contribution is 5.89. The van der Waals surface area contributed by atoms with Crippen LogP contribution in [0.1, 0.15) is 87.7 Å². The van der Waals surface area contributed by atoms with E-state index in [0.717, 1.165) is 25.7 Å². The van der Waals surface area contributed by atoms with E-state index in [-0.39, 0.29) is 0 Å². The number of aromatic nitrogens is 2. The number of hydrogen-bond acceptors (Lipinski definition) is 2. The van der Waals surface area contributed by atoms with Crippen LogP contribution in [0.3, 0.4) is 0 Å². The largest absolute Gasteiger partial charge is 0.261 e. The molecule has 0 fully saturated rings. The maximum atomic E-state index is 4.79. The number of aryl methyl sites for hydroxylation is 4. The first kappa shape index (κ1) is 37.7. The lowest BCUT2D eigenvalue weighted by atomic mass is 9.83. The summed E-state index contributed by atoms with van der Waals surface area (Å²) in [4.78, 5) is 9.58. The van der Waals surface area contributed by atoms with Gasteiger partial charge < -0.3 is 0 Å². The maximum absolute atomic E-state index is 4.79. The standard InChI is InChI=1S/C56H54N2/c1-3-5-7-9-11-53-35-47-23-21-43(33-51(47)37-57-53)39-13-17-41(18-14-39)45-27-29-55-49(31-45)25-26-50-32-46(28-30-56(50)55)42-19-15-40(16-20-42)44-22-24-48-36-54(12-10-8-6-4-2)58-38-52(48)34-44/h13-24,27-38H,3-12,25-26H2,1-2H3. The minimum atomic E-state index is 1.05. The van der Waals surface area contributed by atoms with E-state index in [2.05, 4.69) is 160 Å². The van der Waals surface area contributed by atoms with Crippen LogP contribution >= 0.6 is 0 Å². The average Bonchev–Trinajstić information content (AvgIpc) is 3.28. The van der Waals surface area contributed by atoms with Crippen molar-refractivity contribution >= 4 is 21.5 Å². The fourth-order valence-corrected chi connectivity index (χ4v) is 8.94. The number of pyridine rings is 2. The summed E-state index contributed by atoms with van der Waals surface area (Å²) in [5, 5.41) is 4.96. The summed E-state index contributed by atoms with van der Waals surface area (Å²) < 4.78 is 0. The first-order valence-corrected chi connectivity index (χ1v) is 21.9. The Morgan fingerprint density at radius 1 is 0.345 bits per heavy atom. The molecular weight excluding hydrogens is 701 g/mol. The fourth-order valence-electron chi connectivity index (χ4n) is 8.94. The minimum Gasteiger partial charge on any atom is -0.261 e. The van der Waals surface area contributed by atoms with E-state index in [0.29, 0.717) is 0 Å². The van der Waals surface area contributed by atoms with Crippen molar-refractivity contribution in [1.82, 2.24) is 9.97 Å². The third-order valence-corrected chi connectivity index (χ3v) is 12.4. The van der Waals surface area contributed by atoms with Crippen LogP contribution in [0, 0.1) is 0 Å². The Balaban J connectivity index is 0.866. The van der Waals surface area contributed by atoms with Crippen molar-refractivity contribution in [3.63, 3.8) is 0 Å². The van der Waals surface area contributed by atoms with Gasteiger partial charge in [0.1, 0.15) is 0 Å². The van der Waals surface area contributed by atoms with Crippen LogP contribution in [-0.2, 0) is 25.7 Å². The number of benzene rings is 6. The van der Waals surface area contributed by atoms with Gasteiger partial charge in [0.25, 0.3) is 0 Å². The highest BCUT2D eigenvalue weighted by atomic mass is 14.7. The summed E-state index contributed by atoms with van der Waals surface area (Å²) in [5.41, 5.74) is 18.0. The van der Waals surface area contributed by atoms with E-state index >= 15 is 0 Å². The van der Waals surface area contributed by atoms with Crippen LogP contribution in [0.25, 0.3) is 77.2 Å². The quantitative estimate of drug-likeness (QED) is 0.103. The maximum Gasteiger partial charge on any atom is 0.0410 e. The zero-order chi connectivity index (χ0) is 39.3. The predicted octanol–water partition coefficient (Wildman–Crippen LogP) is 15.5. The Bertz CT molecular complexity index is 2500. The van der Waals surface area contributed by atoms with Crippen molar-refractivity contribution in [1.29, 1.82) is 0 Å². The van der Waals surface area contributed by atoms with Crippen LogP contribution < -0.4 is 0 Å². The van der Waals surface area contributed by atoms with Crippen LogP contribution in [0.2, 0.25) is 0 Å². The minimum absolute atomic E-state index is 1.05. The molecule has 0 radical (unpaired) electrons. The zero-order valence-corrected chi connectivity index (χ0v) is 34.2. The van der Waals surface area contributed by atoms with Crippen LogP contribution in [-0.4, -0.2) is 9.97 Å². The highest BCUT2D eigenvalue weighted by Crippen LogP contribution is 2.39. The normalized spacial score (nSPS) is 12.2. The predicted molar refractivity (Wildman–Crippen MR) is 247 cm³/mol. The van der Waals surface area contributed by atoms with Gasteiger partial charge in [0.2, 0.25) is 0 Å². The Kier molecular flexibility index (Phi) is 11.3. The number of fused-ring (bicyclic) bond motifs is 5. The van der Waals surface area contributed by atoms with Crippen molar-refractivity contribution in [2.75, 3.05) is 0 Å². The van der Waals surface area contributed by atoms with Gasteiger partial charge in [-0.2, -0.15) is 0 Å². The first-order valence-electron chi connectivity index (χ1n) is 21.9.